The number of nitrogens with one attached hydrogen (secondary N) is 3. The number of fused-ring (bicyclic) bond motifs is 1. The molecule has 0 saturated carbocycles. The molecule has 172 valence electrons. The van der Waals surface area contributed by atoms with Crippen molar-refractivity contribution in [2.24, 2.45) is 7.05 Å². The summed E-state index contributed by atoms with van der Waals surface area (Å²) in [5, 5.41) is 17.4. The molecule has 0 atom stereocenters. The molecule has 3 N–H and O–H groups in total. The number of carbonyl (C=O) groups excluding carboxylic acids is 1. The van der Waals surface area contributed by atoms with Gasteiger partial charge in [0.25, 0.3) is 5.91 Å². The number of ether oxygens (including phenoxy) is 1. The van der Waals surface area contributed by atoms with Gasteiger partial charge in [0.2, 0.25) is 5.95 Å². The molecule has 9 nitrogen and oxygen atoms in total. The van der Waals surface area contributed by atoms with Gasteiger partial charge in [-0.15, -0.1) is 5.10 Å². The second kappa shape index (κ2) is 8.62. The molecule has 0 unspecified atom stereocenters. The summed E-state index contributed by atoms with van der Waals surface area (Å²) in [5.74, 6) is -0.124. The summed E-state index contributed by atoms with van der Waals surface area (Å²) in [6, 6.07) is 7.90. The lowest BCUT2D eigenvalue weighted by Crippen LogP contribution is -2.33. The van der Waals surface area contributed by atoms with E-state index in [0.717, 1.165) is 10.9 Å². The van der Waals surface area contributed by atoms with Crippen LogP contribution in [0.2, 0.25) is 5.02 Å². The minimum absolute atomic E-state index is 0.0417. The van der Waals surface area contributed by atoms with Crippen molar-refractivity contribution >= 4 is 40.0 Å². The van der Waals surface area contributed by atoms with Gasteiger partial charge in [0.05, 0.1) is 35.1 Å². The van der Waals surface area contributed by atoms with Gasteiger partial charge in [-0.1, -0.05) is 17.7 Å². The summed E-state index contributed by atoms with van der Waals surface area (Å²) >= 11 is 6.33. The van der Waals surface area contributed by atoms with Crippen molar-refractivity contribution in [2.75, 3.05) is 19.0 Å². The molecule has 0 aliphatic carbocycles. The van der Waals surface area contributed by atoms with E-state index in [-0.39, 0.29) is 11.3 Å². The largest absolute Gasteiger partial charge is 0.496 e. The zero-order chi connectivity index (χ0) is 23.8. The highest BCUT2D eigenvalue weighted by Crippen LogP contribution is 2.31. The second-order valence-electron chi connectivity index (χ2n) is 7.01. The van der Waals surface area contributed by atoms with E-state index in [1.54, 1.807) is 19.3 Å². The fourth-order valence-electron chi connectivity index (χ4n) is 3.09. The average molecular weight is 480 g/mol. The first-order valence-electron chi connectivity index (χ1n) is 9.48. The number of alkyl halides is 3. The fraction of sp³-hybridized carbons (Fsp3) is 0.200. The van der Waals surface area contributed by atoms with Gasteiger partial charge in [0.15, 0.2) is 5.82 Å². The number of H-pyrrole nitrogens is 1. The van der Waals surface area contributed by atoms with E-state index < -0.39 is 18.6 Å². The van der Waals surface area contributed by atoms with Crippen LogP contribution in [0.5, 0.6) is 5.75 Å². The van der Waals surface area contributed by atoms with Gasteiger partial charge >= 0.3 is 6.18 Å². The Hall–Kier alpha value is -3.80. The van der Waals surface area contributed by atoms with Crippen molar-refractivity contribution in [1.82, 2.24) is 30.3 Å². The molecular weight excluding hydrogens is 463 g/mol. The quantitative estimate of drug-likeness (QED) is 0.385. The molecule has 33 heavy (non-hydrogen) atoms. The van der Waals surface area contributed by atoms with E-state index in [1.807, 2.05) is 11.4 Å². The lowest BCUT2D eigenvalue weighted by molar-refractivity contribution is -0.123. The number of carbonyl (C=O) groups is 1. The molecule has 0 radical (unpaired) electrons. The van der Waals surface area contributed by atoms with Crippen LogP contribution in [0.15, 0.2) is 36.5 Å². The highest BCUT2D eigenvalue weighted by atomic mass is 35.5. The number of benzene rings is 2. The molecule has 0 aliphatic heterocycles. The van der Waals surface area contributed by atoms with Gasteiger partial charge in [-0.25, -0.2) is 4.68 Å². The molecule has 1 amide bonds. The molecule has 0 saturated heterocycles. The van der Waals surface area contributed by atoms with Crippen LogP contribution in [-0.2, 0) is 7.05 Å². The van der Waals surface area contributed by atoms with Crippen molar-refractivity contribution in [1.29, 1.82) is 0 Å². The van der Waals surface area contributed by atoms with Crippen LogP contribution in [0.1, 0.15) is 10.4 Å². The van der Waals surface area contributed by atoms with Crippen LogP contribution in [0, 0.1) is 0 Å². The number of aryl methyl sites for hydroxylation is 1. The van der Waals surface area contributed by atoms with Gasteiger partial charge in [0, 0.05) is 18.0 Å². The Balaban J connectivity index is 1.59. The van der Waals surface area contributed by atoms with Crippen molar-refractivity contribution in [3.8, 4) is 17.1 Å². The molecule has 13 heteroatoms. The van der Waals surface area contributed by atoms with Crippen LogP contribution in [0.4, 0.5) is 24.8 Å². The molecule has 0 spiro atoms. The predicted octanol–water partition coefficient (Wildman–Crippen LogP) is 4.06. The summed E-state index contributed by atoms with van der Waals surface area (Å²) in [6.45, 7) is -1.44. The van der Waals surface area contributed by atoms with Crippen LogP contribution < -0.4 is 15.4 Å². The molecule has 2 aromatic heterocycles. The van der Waals surface area contributed by atoms with Gasteiger partial charge in [0.1, 0.15) is 12.3 Å². The van der Waals surface area contributed by atoms with Gasteiger partial charge in [-0.05, 0) is 24.3 Å². The lowest BCUT2D eigenvalue weighted by atomic mass is 10.1. The third-order valence-corrected chi connectivity index (χ3v) is 5.00. The monoisotopic (exact) mass is 479 g/mol. The second-order valence-corrected chi connectivity index (χ2v) is 7.42. The zero-order valence-corrected chi connectivity index (χ0v) is 18.0. The number of hydrogen-bond donors (Lipinski definition) is 3. The Morgan fingerprint density at radius 1 is 1.27 bits per heavy atom. The van der Waals surface area contributed by atoms with Crippen LogP contribution >= 0.6 is 11.6 Å². The maximum absolute atomic E-state index is 12.4. The first-order chi connectivity index (χ1) is 15.6. The highest BCUT2D eigenvalue weighted by Gasteiger charge is 2.28. The van der Waals surface area contributed by atoms with E-state index in [0.29, 0.717) is 28.0 Å². The molecule has 0 fully saturated rings. The summed E-state index contributed by atoms with van der Waals surface area (Å²) < 4.78 is 43.9. The zero-order valence-electron chi connectivity index (χ0n) is 17.3. The molecule has 0 aliphatic rings. The fourth-order valence-corrected chi connectivity index (χ4v) is 3.30. The first-order valence-corrected chi connectivity index (χ1v) is 9.86. The van der Waals surface area contributed by atoms with E-state index >= 15 is 0 Å². The number of aromatic nitrogens is 5. The smallest absolute Gasteiger partial charge is 0.405 e. The van der Waals surface area contributed by atoms with Gasteiger partial charge < -0.3 is 15.4 Å². The first kappa shape index (κ1) is 22.4. The number of methoxy groups -OCH3 is 1. The van der Waals surface area contributed by atoms with Crippen LogP contribution in [-0.4, -0.2) is 50.7 Å². The Labute approximate surface area is 189 Å². The predicted molar refractivity (Wildman–Crippen MR) is 116 cm³/mol. The number of anilines is 2. The minimum atomic E-state index is -4.52. The summed E-state index contributed by atoms with van der Waals surface area (Å²) in [7, 11) is 2.99. The molecule has 0 bridgehead atoms. The number of rotatable bonds is 6. The molecule has 2 heterocycles. The maximum Gasteiger partial charge on any atom is 0.405 e. The number of halogens is 4. The topological polar surface area (TPSA) is 110 Å². The Morgan fingerprint density at radius 2 is 2.06 bits per heavy atom. The standard InChI is InChI=1S/C20H17ClF3N7O2/c1-31-19(27-15-5-11-8-26-29-14(11)7-13(15)21)28-17(30-31)10-3-4-12(16(6-10)33-2)18(32)25-9-20(22,23)24/h3-8H,9H2,1-2H3,(H,25,32)(H,26,29)(H,27,28,30). The average Bonchev–Trinajstić information content (AvgIpc) is 3.37. The van der Waals surface area contributed by atoms with E-state index in [9.17, 15) is 18.0 Å². The lowest BCUT2D eigenvalue weighted by Gasteiger charge is -2.11. The minimum Gasteiger partial charge on any atom is -0.496 e. The SMILES string of the molecule is COc1cc(-c2nc(Nc3cc4cn[nH]c4cc3Cl)n(C)n2)ccc1C(=O)NCC(F)(F)F. The molecule has 4 aromatic rings. The van der Waals surface area contributed by atoms with Crippen LogP contribution in [0.3, 0.4) is 0 Å². The highest BCUT2D eigenvalue weighted by molar-refractivity contribution is 6.34. The number of aromatic amines is 1. The third kappa shape index (κ3) is 4.85. The Kier molecular flexibility index (Phi) is 5.85. The van der Waals surface area contributed by atoms with Gasteiger partial charge in [-0.2, -0.15) is 23.3 Å². The normalized spacial score (nSPS) is 11.6. The Bertz CT molecular complexity index is 1330. The van der Waals surface area contributed by atoms with E-state index in [2.05, 4.69) is 25.6 Å². The Morgan fingerprint density at radius 3 is 2.79 bits per heavy atom. The van der Waals surface area contributed by atoms with Crippen molar-refractivity contribution in [3.05, 3.63) is 47.1 Å². The molecule has 4 rings (SSSR count). The summed E-state index contributed by atoms with van der Waals surface area (Å²) in [4.78, 5) is 16.6. The third-order valence-electron chi connectivity index (χ3n) is 4.69. The van der Waals surface area contributed by atoms with E-state index in [4.69, 9.17) is 16.3 Å². The van der Waals surface area contributed by atoms with Gasteiger partial charge in [-0.3, -0.25) is 9.89 Å². The van der Waals surface area contributed by atoms with Crippen molar-refractivity contribution in [3.63, 3.8) is 0 Å². The van der Waals surface area contributed by atoms with Crippen molar-refractivity contribution in [2.45, 2.75) is 6.18 Å². The number of nitrogens with zero attached hydrogens (tertiary/aromatic N) is 4. The van der Waals surface area contributed by atoms with Crippen molar-refractivity contribution < 1.29 is 22.7 Å². The molecule has 2 aromatic carbocycles. The summed E-state index contributed by atoms with van der Waals surface area (Å²) in [6.07, 6.45) is -2.85. The maximum atomic E-state index is 12.4. The van der Waals surface area contributed by atoms with E-state index in [1.165, 1.54) is 30.0 Å². The molecular formula is C20H17ClF3N7O2. The van der Waals surface area contributed by atoms with Crippen LogP contribution in [0.25, 0.3) is 22.3 Å². The number of amides is 1. The summed E-state index contributed by atoms with van der Waals surface area (Å²) in [5.41, 5.74) is 1.84. The number of hydrogen-bond acceptors (Lipinski definition) is 6.